The van der Waals surface area contributed by atoms with Crippen molar-refractivity contribution in [3.05, 3.63) is 42.7 Å². The van der Waals surface area contributed by atoms with Crippen LogP contribution in [0.3, 0.4) is 0 Å². The fraction of sp³-hybridized carbons (Fsp3) is 0.471. The molecule has 5 nitrogen and oxygen atoms in total. The lowest BCUT2D eigenvalue weighted by molar-refractivity contribution is 0.0864. The fourth-order valence-electron chi connectivity index (χ4n) is 2.98. The fourth-order valence-corrected chi connectivity index (χ4v) is 2.98. The summed E-state index contributed by atoms with van der Waals surface area (Å²) < 4.78 is 1.86. The van der Waals surface area contributed by atoms with Gasteiger partial charge in [-0.25, -0.2) is 4.98 Å². The lowest BCUT2D eigenvalue weighted by Crippen LogP contribution is -2.48. The van der Waals surface area contributed by atoms with Crippen molar-refractivity contribution in [3.8, 4) is 5.69 Å². The van der Waals surface area contributed by atoms with E-state index in [-0.39, 0.29) is 11.4 Å². The van der Waals surface area contributed by atoms with Crippen molar-refractivity contribution in [2.45, 2.75) is 45.1 Å². The van der Waals surface area contributed by atoms with E-state index < -0.39 is 0 Å². The van der Waals surface area contributed by atoms with E-state index in [9.17, 15) is 4.79 Å². The van der Waals surface area contributed by atoms with Gasteiger partial charge in [-0.3, -0.25) is 9.78 Å². The molecule has 0 aliphatic heterocycles. The Balaban J connectivity index is 1.74. The highest BCUT2D eigenvalue weighted by molar-refractivity contribution is 5.93. The Labute approximate surface area is 130 Å². The molecule has 2 aromatic rings. The maximum atomic E-state index is 12.5. The second kappa shape index (κ2) is 5.91. The van der Waals surface area contributed by atoms with E-state index in [0.29, 0.717) is 5.69 Å². The van der Waals surface area contributed by atoms with E-state index in [1.165, 1.54) is 12.8 Å². The molecule has 1 saturated carbocycles. The number of carbonyl (C=O) groups excluding carboxylic acids is 1. The predicted octanol–water partition coefficient (Wildman–Crippen LogP) is 2.97. The zero-order chi connectivity index (χ0) is 15.6. The molecule has 0 spiro atoms. The number of nitrogens with zero attached hydrogens (tertiary/aromatic N) is 3. The molecule has 2 heterocycles. The largest absolute Gasteiger partial charge is 0.346 e. The van der Waals surface area contributed by atoms with Crippen molar-refractivity contribution in [2.75, 3.05) is 0 Å². The van der Waals surface area contributed by atoms with Gasteiger partial charge in [0.05, 0.1) is 12.0 Å². The highest BCUT2D eigenvalue weighted by Crippen LogP contribution is 2.31. The summed E-state index contributed by atoms with van der Waals surface area (Å²) in [6.45, 7) is 4.41. The Morgan fingerprint density at radius 1 is 1.36 bits per heavy atom. The summed E-state index contributed by atoms with van der Waals surface area (Å²) in [5.74, 6) is 0.659. The van der Waals surface area contributed by atoms with Crippen molar-refractivity contribution in [2.24, 2.45) is 5.92 Å². The molecule has 116 valence electrons. The van der Waals surface area contributed by atoms with Gasteiger partial charge in [-0.05, 0) is 50.7 Å². The summed E-state index contributed by atoms with van der Waals surface area (Å²) in [5.41, 5.74) is 1.22. The number of pyridine rings is 1. The Morgan fingerprint density at radius 3 is 2.82 bits per heavy atom. The van der Waals surface area contributed by atoms with Crippen LogP contribution >= 0.6 is 0 Å². The van der Waals surface area contributed by atoms with Gasteiger partial charge in [-0.1, -0.05) is 6.92 Å². The minimum absolute atomic E-state index is 0.0981. The Morgan fingerprint density at radius 2 is 2.14 bits per heavy atom. The molecule has 0 aromatic carbocycles. The van der Waals surface area contributed by atoms with Crippen LogP contribution in [0.15, 0.2) is 37.1 Å². The van der Waals surface area contributed by atoms with Gasteiger partial charge in [-0.2, -0.15) is 0 Å². The van der Waals surface area contributed by atoms with Gasteiger partial charge in [0.2, 0.25) is 0 Å². The first kappa shape index (κ1) is 14.8. The van der Waals surface area contributed by atoms with Crippen LogP contribution in [0, 0.1) is 5.92 Å². The monoisotopic (exact) mass is 298 g/mol. The lowest BCUT2D eigenvalue weighted by atomic mass is 9.78. The summed E-state index contributed by atoms with van der Waals surface area (Å²) >= 11 is 0. The van der Waals surface area contributed by atoms with Gasteiger partial charge in [0.25, 0.3) is 5.91 Å². The van der Waals surface area contributed by atoms with Crippen LogP contribution in [0.4, 0.5) is 0 Å². The molecule has 22 heavy (non-hydrogen) atoms. The molecule has 1 aliphatic carbocycles. The Bertz CT molecular complexity index is 642. The number of imidazole rings is 1. The van der Waals surface area contributed by atoms with E-state index in [1.807, 2.05) is 16.8 Å². The average Bonchev–Trinajstić information content (AvgIpc) is 3.05. The molecule has 0 atom stereocenters. The van der Waals surface area contributed by atoms with Crippen molar-refractivity contribution >= 4 is 5.91 Å². The zero-order valence-electron chi connectivity index (χ0n) is 13.1. The van der Waals surface area contributed by atoms with Crippen molar-refractivity contribution in [3.63, 3.8) is 0 Å². The van der Waals surface area contributed by atoms with Crippen LogP contribution in [0.2, 0.25) is 0 Å². The number of hydrogen-bond acceptors (Lipinski definition) is 3. The first-order valence-electron chi connectivity index (χ1n) is 7.83. The highest BCUT2D eigenvalue weighted by atomic mass is 16.2. The molecule has 0 saturated heterocycles. The third-order valence-electron chi connectivity index (χ3n) is 4.57. The zero-order valence-corrected chi connectivity index (χ0v) is 13.1. The summed E-state index contributed by atoms with van der Waals surface area (Å²) in [4.78, 5) is 20.8. The van der Waals surface area contributed by atoms with Crippen LogP contribution in [-0.2, 0) is 0 Å². The number of amides is 1. The summed E-state index contributed by atoms with van der Waals surface area (Å²) in [6, 6.07) is 3.66. The smallest absolute Gasteiger partial charge is 0.270 e. The van der Waals surface area contributed by atoms with E-state index in [0.717, 1.165) is 24.4 Å². The number of carbonyl (C=O) groups is 1. The van der Waals surface area contributed by atoms with Crippen LogP contribution in [0.25, 0.3) is 5.69 Å². The van der Waals surface area contributed by atoms with E-state index >= 15 is 0 Å². The molecule has 0 bridgehead atoms. The van der Waals surface area contributed by atoms with Gasteiger partial charge in [0.15, 0.2) is 0 Å². The van der Waals surface area contributed by atoms with Crippen LogP contribution in [-0.4, -0.2) is 26.0 Å². The van der Waals surface area contributed by atoms with E-state index in [2.05, 4.69) is 29.1 Å². The first-order valence-corrected chi connectivity index (χ1v) is 7.83. The van der Waals surface area contributed by atoms with Crippen molar-refractivity contribution < 1.29 is 4.79 Å². The molecular weight excluding hydrogens is 276 g/mol. The number of aromatic nitrogens is 3. The predicted molar refractivity (Wildman–Crippen MR) is 84.9 cm³/mol. The molecule has 2 aromatic heterocycles. The van der Waals surface area contributed by atoms with Crippen LogP contribution in [0.5, 0.6) is 0 Å². The molecule has 1 fully saturated rings. The minimum atomic E-state index is -0.115. The quantitative estimate of drug-likeness (QED) is 0.947. The second-order valence-electron chi connectivity index (χ2n) is 6.57. The molecule has 0 unspecified atom stereocenters. The second-order valence-corrected chi connectivity index (χ2v) is 6.57. The molecule has 5 heteroatoms. The summed E-state index contributed by atoms with van der Waals surface area (Å²) in [7, 11) is 0. The van der Waals surface area contributed by atoms with Crippen molar-refractivity contribution in [1.82, 2.24) is 19.9 Å². The highest BCUT2D eigenvalue weighted by Gasteiger charge is 2.31. The summed E-state index contributed by atoms with van der Waals surface area (Å²) in [5, 5.41) is 3.18. The standard InChI is InChI=1S/C17H22N4O/c1-13-3-6-17(2,7-4-13)20-16(22)15-11-14(5-8-19-15)21-10-9-18-12-21/h5,8-13H,3-4,6-7H2,1-2H3,(H,20,22). The minimum Gasteiger partial charge on any atom is -0.346 e. The van der Waals surface area contributed by atoms with Gasteiger partial charge in [-0.15, -0.1) is 0 Å². The SMILES string of the molecule is CC1CCC(C)(NC(=O)c2cc(-n3ccnc3)ccn2)CC1. The van der Waals surface area contributed by atoms with Crippen molar-refractivity contribution in [1.29, 1.82) is 0 Å². The third kappa shape index (κ3) is 3.18. The van der Waals surface area contributed by atoms with Gasteiger partial charge >= 0.3 is 0 Å². The van der Waals surface area contributed by atoms with E-state index in [1.54, 1.807) is 24.8 Å². The maximum absolute atomic E-state index is 12.5. The number of hydrogen-bond donors (Lipinski definition) is 1. The molecule has 3 rings (SSSR count). The number of nitrogens with one attached hydrogen (secondary N) is 1. The average molecular weight is 298 g/mol. The molecule has 1 aliphatic rings. The van der Waals surface area contributed by atoms with Gasteiger partial charge < -0.3 is 9.88 Å². The van der Waals surface area contributed by atoms with Gasteiger partial charge in [0, 0.05) is 24.1 Å². The molecule has 1 N–H and O–H groups in total. The summed E-state index contributed by atoms with van der Waals surface area (Å²) in [6.07, 6.45) is 11.3. The first-order chi connectivity index (χ1) is 10.6. The Kier molecular flexibility index (Phi) is 3.96. The lowest BCUT2D eigenvalue weighted by Gasteiger charge is -2.37. The topological polar surface area (TPSA) is 59.8 Å². The van der Waals surface area contributed by atoms with Crippen LogP contribution in [0.1, 0.15) is 50.0 Å². The Hall–Kier alpha value is -2.17. The molecule has 0 radical (unpaired) electrons. The molecule has 1 amide bonds. The maximum Gasteiger partial charge on any atom is 0.270 e. The van der Waals surface area contributed by atoms with Gasteiger partial charge in [0.1, 0.15) is 5.69 Å². The third-order valence-corrected chi connectivity index (χ3v) is 4.57. The van der Waals surface area contributed by atoms with Crippen LogP contribution < -0.4 is 5.32 Å². The van der Waals surface area contributed by atoms with E-state index in [4.69, 9.17) is 0 Å². The molecular formula is C17H22N4O. The normalized spacial score (nSPS) is 24.9. The number of rotatable bonds is 3.